The van der Waals surface area contributed by atoms with Crippen LogP contribution >= 0.6 is 0 Å². The van der Waals surface area contributed by atoms with Gasteiger partial charge < -0.3 is 0 Å². The topological polar surface area (TPSA) is 0 Å². The molecule has 1 heterocycles. The number of hydrogen-bond acceptors (Lipinski definition) is 0. The van der Waals surface area contributed by atoms with Crippen molar-refractivity contribution in [2.45, 2.75) is 26.2 Å². The Morgan fingerprint density at radius 2 is 2.56 bits per heavy atom. The molecular weight excluding hydrogens is 175 g/mol. The molecule has 0 N–H and O–H groups in total. The predicted octanol–water partition coefficient (Wildman–Crippen LogP) is 2.29. The molecule has 0 aromatic rings. The molecule has 50 valence electrons. The molecule has 0 radical (unpaired) electrons. The summed E-state index contributed by atoms with van der Waals surface area (Å²) in [6.45, 7) is 2.25. The SMILES string of the molecule is CCCC1=CCC=C[Se]1. The van der Waals surface area contributed by atoms with Crippen molar-refractivity contribution in [1.29, 1.82) is 0 Å². The minimum atomic E-state index is 0.703. The molecule has 1 heteroatoms. The Hall–Kier alpha value is -0.000519. The van der Waals surface area contributed by atoms with Crippen molar-refractivity contribution < 1.29 is 0 Å². The molecule has 0 aromatic carbocycles. The molecule has 1 aliphatic heterocycles. The van der Waals surface area contributed by atoms with Crippen LogP contribution in [0, 0.1) is 0 Å². The number of rotatable bonds is 2. The third-order valence-electron chi connectivity index (χ3n) is 1.29. The maximum atomic E-state index is 2.38. The van der Waals surface area contributed by atoms with E-state index in [9.17, 15) is 0 Å². The fourth-order valence-electron chi connectivity index (χ4n) is 0.846. The van der Waals surface area contributed by atoms with Gasteiger partial charge >= 0.3 is 62.7 Å². The van der Waals surface area contributed by atoms with Crippen molar-refractivity contribution in [3.05, 3.63) is 21.6 Å². The fraction of sp³-hybridized carbons (Fsp3) is 0.500. The second-order valence-electron chi connectivity index (χ2n) is 2.15. The summed E-state index contributed by atoms with van der Waals surface area (Å²) in [6.07, 6.45) is 8.45. The average molecular weight is 187 g/mol. The van der Waals surface area contributed by atoms with E-state index in [1.807, 2.05) is 0 Å². The Labute approximate surface area is 63.2 Å². The molecule has 0 spiro atoms. The van der Waals surface area contributed by atoms with Crippen molar-refractivity contribution >= 4 is 15.0 Å². The van der Waals surface area contributed by atoms with Crippen LogP contribution in [0.1, 0.15) is 26.2 Å². The molecule has 0 nitrogen and oxygen atoms in total. The number of allylic oxidation sites excluding steroid dienone is 3. The van der Waals surface area contributed by atoms with Gasteiger partial charge in [-0.05, 0) is 0 Å². The minimum absolute atomic E-state index is 0.703. The predicted molar refractivity (Wildman–Crippen MR) is 42.5 cm³/mol. The third-order valence-corrected chi connectivity index (χ3v) is 3.40. The van der Waals surface area contributed by atoms with Gasteiger partial charge in [0.1, 0.15) is 0 Å². The summed E-state index contributed by atoms with van der Waals surface area (Å²) in [5.74, 6) is 0. The van der Waals surface area contributed by atoms with Crippen molar-refractivity contribution in [1.82, 2.24) is 0 Å². The van der Waals surface area contributed by atoms with Gasteiger partial charge in [-0.15, -0.1) is 0 Å². The summed E-state index contributed by atoms with van der Waals surface area (Å²) < 4.78 is 1.69. The van der Waals surface area contributed by atoms with Crippen molar-refractivity contribution in [3.63, 3.8) is 0 Å². The summed E-state index contributed by atoms with van der Waals surface area (Å²) in [5, 5.41) is 0. The Kier molecular flexibility index (Phi) is 3.10. The first-order valence-corrected chi connectivity index (χ1v) is 5.28. The van der Waals surface area contributed by atoms with Gasteiger partial charge in [-0.1, -0.05) is 0 Å². The van der Waals surface area contributed by atoms with Crippen LogP contribution in [0.2, 0.25) is 0 Å². The second kappa shape index (κ2) is 3.92. The van der Waals surface area contributed by atoms with Gasteiger partial charge in [0, 0.05) is 0 Å². The van der Waals surface area contributed by atoms with E-state index in [1.165, 1.54) is 19.3 Å². The molecule has 0 bridgehead atoms. The monoisotopic (exact) mass is 188 g/mol. The molecule has 0 atom stereocenters. The zero-order chi connectivity index (χ0) is 6.53. The van der Waals surface area contributed by atoms with Gasteiger partial charge in [0.05, 0.1) is 0 Å². The summed E-state index contributed by atoms with van der Waals surface area (Å²) in [6, 6.07) is 0. The normalized spacial score (nSPS) is 17.7. The summed E-state index contributed by atoms with van der Waals surface area (Å²) in [7, 11) is 0. The second-order valence-corrected chi connectivity index (χ2v) is 4.31. The van der Waals surface area contributed by atoms with Gasteiger partial charge in [0.2, 0.25) is 0 Å². The van der Waals surface area contributed by atoms with Gasteiger partial charge in [0.25, 0.3) is 0 Å². The van der Waals surface area contributed by atoms with Crippen LogP contribution in [-0.4, -0.2) is 15.0 Å². The molecule has 0 amide bonds. The average Bonchev–Trinajstić information content (AvgIpc) is 1.91. The van der Waals surface area contributed by atoms with Crippen molar-refractivity contribution in [2.75, 3.05) is 0 Å². The molecule has 0 saturated heterocycles. The van der Waals surface area contributed by atoms with E-state index < -0.39 is 0 Å². The van der Waals surface area contributed by atoms with Crippen LogP contribution < -0.4 is 0 Å². The van der Waals surface area contributed by atoms with Gasteiger partial charge in [-0.3, -0.25) is 0 Å². The Bertz CT molecular complexity index is 134. The summed E-state index contributed by atoms with van der Waals surface area (Å²) >= 11 is 0.703. The van der Waals surface area contributed by atoms with E-state index in [0.29, 0.717) is 15.0 Å². The zero-order valence-electron chi connectivity index (χ0n) is 5.76. The van der Waals surface area contributed by atoms with Crippen LogP contribution in [0.15, 0.2) is 21.6 Å². The molecule has 0 aliphatic carbocycles. The summed E-state index contributed by atoms with van der Waals surface area (Å²) in [5.41, 5.74) is 0. The Balaban J connectivity index is 2.32. The van der Waals surface area contributed by atoms with Crippen LogP contribution in [-0.2, 0) is 0 Å². The van der Waals surface area contributed by atoms with E-state index in [4.69, 9.17) is 0 Å². The van der Waals surface area contributed by atoms with E-state index >= 15 is 0 Å². The van der Waals surface area contributed by atoms with Crippen LogP contribution in [0.5, 0.6) is 0 Å². The first-order chi connectivity index (χ1) is 4.43. The maximum absolute atomic E-state index is 2.38. The standard InChI is InChI=1S/C8H12Se/c1-2-5-8-6-3-4-7-9-8/h4,6-7H,2-3,5H2,1H3. The van der Waals surface area contributed by atoms with Crippen molar-refractivity contribution in [3.8, 4) is 0 Å². The first-order valence-electron chi connectivity index (χ1n) is 3.44. The third kappa shape index (κ3) is 2.38. The van der Waals surface area contributed by atoms with Crippen LogP contribution in [0.4, 0.5) is 0 Å². The molecule has 0 fully saturated rings. The van der Waals surface area contributed by atoms with E-state index in [2.05, 4.69) is 24.1 Å². The Morgan fingerprint density at radius 1 is 1.67 bits per heavy atom. The van der Waals surface area contributed by atoms with Gasteiger partial charge in [-0.2, -0.15) is 0 Å². The van der Waals surface area contributed by atoms with Crippen molar-refractivity contribution in [2.24, 2.45) is 0 Å². The molecule has 1 aliphatic rings. The van der Waals surface area contributed by atoms with E-state index in [0.717, 1.165) is 0 Å². The molecule has 9 heavy (non-hydrogen) atoms. The molecule has 0 aromatic heterocycles. The molecule has 0 saturated carbocycles. The Morgan fingerprint density at radius 3 is 3.11 bits per heavy atom. The molecular formula is C8H12Se. The summed E-state index contributed by atoms with van der Waals surface area (Å²) in [4.78, 5) is 2.33. The zero-order valence-corrected chi connectivity index (χ0v) is 7.47. The first kappa shape index (κ1) is 7.11. The van der Waals surface area contributed by atoms with E-state index in [-0.39, 0.29) is 0 Å². The van der Waals surface area contributed by atoms with Crippen LogP contribution in [0.25, 0.3) is 0 Å². The molecule has 1 rings (SSSR count). The fourth-order valence-corrected chi connectivity index (χ4v) is 2.73. The molecule has 0 unspecified atom stereocenters. The quantitative estimate of drug-likeness (QED) is 0.582. The number of hydrogen-bond donors (Lipinski definition) is 0. The van der Waals surface area contributed by atoms with E-state index in [1.54, 1.807) is 4.47 Å². The van der Waals surface area contributed by atoms with Gasteiger partial charge in [-0.25, -0.2) is 0 Å². The van der Waals surface area contributed by atoms with Gasteiger partial charge in [0.15, 0.2) is 0 Å². The van der Waals surface area contributed by atoms with Crippen LogP contribution in [0.3, 0.4) is 0 Å².